The van der Waals surface area contributed by atoms with Crippen LogP contribution in [0.3, 0.4) is 0 Å². The fraction of sp³-hybridized carbons (Fsp3) is 0.143. The van der Waals surface area contributed by atoms with Crippen molar-refractivity contribution in [3.8, 4) is 0 Å². The van der Waals surface area contributed by atoms with Crippen molar-refractivity contribution < 1.29 is 14.5 Å². The molecule has 0 bridgehead atoms. The number of nitrogens with zero attached hydrogens (tertiary/aromatic N) is 3. The lowest BCUT2D eigenvalue weighted by atomic mass is 10.1. The molecule has 0 fully saturated rings. The summed E-state index contributed by atoms with van der Waals surface area (Å²) in [6.45, 7) is 2.31. The number of benzene rings is 2. The number of carbonyl (C=O) groups is 1. The monoisotopic (exact) mass is 377 g/mol. The Labute approximate surface area is 162 Å². The fourth-order valence-electron chi connectivity index (χ4n) is 2.66. The Morgan fingerprint density at radius 1 is 1.25 bits per heavy atom. The number of esters is 1. The molecule has 2 aromatic carbocycles. The molecule has 0 saturated carbocycles. The number of hydrogen-bond acceptors (Lipinski definition) is 5. The van der Waals surface area contributed by atoms with E-state index in [0.29, 0.717) is 12.1 Å². The minimum absolute atomic E-state index is 0.0400. The Bertz CT molecular complexity index is 996. The highest BCUT2D eigenvalue weighted by atomic mass is 16.6. The molecule has 0 amide bonds. The third-order valence-corrected chi connectivity index (χ3v) is 4.10. The van der Waals surface area contributed by atoms with Crippen molar-refractivity contribution in [2.24, 2.45) is 0 Å². The number of nitro groups is 1. The predicted octanol–water partition coefficient (Wildman–Crippen LogP) is 4.16. The average molecular weight is 377 g/mol. The van der Waals surface area contributed by atoms with Crippen LogP contribution >= 0.6 is 0 Å². The molecule has 3 aromatic rings. The lowest BCUT2D eigenvalue weighted by Gasteiger charge is -2.11. The van der Waals surface area contributed by atoms with E-state index in [-0.39, 0.29) is 5.69 Å². The summed E-state index contributed by atoms with van der Waals surface area (Å²) in [7, 11) is 0. The molecule has 28 heavy (non-hydrogen) atoms. The third-order valence-electron chi connectivity index (χ3n) is 4.10. The van der Waals surface area contributed by atoms with Gasteiger partial charge in [0.15, 0.2) is 0 Å². The maximum absolute atomic E-state index is 12.0. The molecule has 3 rings (SSSR count). The number of non-ortho nitro benzene ring substituents is 1. The van der Waals surface area contributed by atoms with Gasteiger partial charge in [0.05, 0.1) is 17.7 Å². The molecule has 0 aliphatic heterocycles. The van der Waals surface area contributed by atoms with Crippen molar-refractivity contribution in [3.05, 3.63) is 99.9 Å². The van der Waals surface area contributed by atoms with Gasteiger partial charge in [0, 0.05) is 30.0 Å². The van der Waals surface area contributed by atoms with Crippen LogP contribution in [0.4, 0.5) is 5.69 Å². The largest absolute Gasteiger partial charge is 0.455 e. The molecule has 1 aromatic heterocycles. The first kappa shape index (κ1) is 19.0. The van der Waals surface area contributed by atoms with Gasteiger partial charge in [-0.05, 0) is 24.1 Å². The highest BCUT2D eigenvalue weighted by Gasteiger charge is 2.13. The van der Waals surface area contributed by atoms with E-state index < -0.39 is 17.0 Å². The number of rotatable bonds is 7. The zero-order valence-electron chi connectivity index (χ0n) is 15.3. The zero-order valence-corrected chi connectivity index (χ0v) is 15.3. The predicted molar refractivity (Wildman–Crippen MR) is 104 cm³/mol. The molecule has 0 N–H and O–H groups in total. The normalized spacial score (nSPS) is 12.0. The number of nitro benzene ring substituents is 1. The average Bonchev–Trinajstić information content (AvgIpc) is 3.14. The summed E-state index contributed by atoms with van der Waals surface area (Å²) in [6.07, 6.45) is 5.84. The number of aromatic nitrogens is 2. The molecule has 7 heteroatoms. The second-order valence-electron chi connectivity index (χ2n) is 6.22. The van der Waals surface area contributed by atoms with Gasteiger partial charge >= 0.3 is 5.97 Å². The molecular weight excluding hydrogens is 358 g/mol. The van der Waals surface area contributed by atoms with E-state index in [2.05, 4.69) is 5.10 Å². The second kappa shape index (κ2) is 8.77. The Hall–Kier alpha value is -3.74. The smallest absolute Gasteiger partial charge is 0.331 e. The summed E-state index contributed by atoms with van der Waals surface area (Å²) in [5.41, 5.74) is 2.43. The minimum atomic E-state index is -0.599. The molecule has 0 aliphatic rings. The van der Waals surface area contributed by atoms with Gasteiger partial charge in [-0.25, -0.2) is 4.79 Å². The molecule has 1 heterocycles. The topological polar surface area (TPSA) is 87.3 Å². The van der Waals surface area contributed by atoms with Crippen LogP contribution in [0.25, 0.3) is 6.08 Å². The van der Waals surface area contributed by atoms with Crippen molar-refractivity contribution in [1.82, 2.24) is 9.78 Å². The quantitative estimate of drug-likeness (QED) is 0.267. The van der Waals surface area contributed by atoms with Crippen LogP contribution in [-0.2, 0) is 16.1 Å². The van der Waals surface area contributed by atoms with Gasteiger partial charge in [-0.15, -0.1) is 0 Å². The molecule has 0 aliphatic carbocycles. The Morgan fingerprint density at radius 3 is 2.79 bits per heavy atom. The Kier molecular flexibility index (Phi) is 5.96. The van der Waals surface area contributed by atoms with Gasteiger partial charge in [0.2, 0.25) is 0 Å². The van der Waals surface area contributed by atoms with E-state index in [1.54, 1.807) is 36.0 Å². The molecule has 0 unspecified atom stereocenters. The van der Waals surface area contributed by atoms with Gasteiger partial charge in [-0.2, -0.15) is 5.10 Å². The maximum Gasteiger partial charge on any atom is 0.331 e. The molecular formula is C21H19N3O4. The summed E-state index contributed by atoms with van der Waals surface area (Å²) in [5.74, 6) is -0.533. The third kappa shape index (κ3) is 5.14. The first-order valence-electron chi connectivity index (χ1n) is 8.70. The summed E-state index contributed by atoms with van der Waals surface area (Å²) in [5, 5.41) is 15.1. The van der Waals surface area contributed by atoms with Crippen LogP contribution in [0.1, 0.15) is 29.7 Å². The summed E-state index contributed by atoms with van der Waals surface area (Å²) < 4.78 is 7.10. The molecule has 0 radical (unpaired) electrons. The molecule has 1 atom stereocenters. The number of carbonyl (C=O) groups excluding carboxylic acids is 1. The van der Waals surface area contributed by atoms with Crippen molar-refractivity contribution in [2.75, 3.05) is 0 Å². The summed E-state index contributed by atoms with van der Waals surface area (Å²) in [4.78, 5) is 22.4. The number of ether oxygens (including phenoxy) is 1. The van der Waals surface area contributed by atoms with Crippen molar-refractivity contribution >= 4 is 17.7 Å². The van der Waals surface area contributed by atoms with Crippen LogP contribution in [-0.4, -0.2) is 20.7 Å². The van der Waals surface area contributed by atoms with Gasteiger partial charge in [0.1, 0.15) is 6.10 Å². The summed E-state index contributed by atoms with van der Waals surface area (Å²) in [6, 6.07) is 16.0. The highest BCUT2D eigenvalue weighted by Crippen LogP contribution is 2.22. The van der Waals surface area contributed by atoms with E-state index in [0.717, 1.165) is 11.1 Å². The maximum atomic E-state index is 12.0. The highest BCUT2D eigenvalue weighted by molar-refractivity contribution is 5.87. The molecule has 0 spiro atoms. The van der Waals surface area contributed by atoms with Crippen LogP contribution in [0, 0.1) is 10.1 Å². The van der Waals surface area contributed by atoms with Gasteiger partial charge in [0.25, 0.3) is 5.69 Å². The van der Waals surface area contributed by atoms with E-state index in [4.69, 9.17) is 4.74 Å². The second-order valence-corrected chi connectivity index (χ2v) is 6.22. The van der Waals surface area contributed by atoms with Gasteiger partial charge in [-0.1, -0.05) is 42.5 Å². The Balaban J connectivity index is 1.58. The standard InChI is InChI=1S/C21H19N3O4/c1-16(19-8-5-9-20(12-19)24(26)27)28-21(25)11-10-18-13-22-23(15-18)14-17-6-3-2-4-7-17/h2-13,15-16H,14H2,1H3/b11-10+/t16-/m0/s1. The van der Waals surface area contributed by atoms with Crippen molar-refractivity contribution in [3.63, 3.8) is 0 Å². The van der Waals surface area contributed by atoms with Crippen molar-refractivity contribution in [1.29, 1.82) is 0 Å². The number of hydrogen-bond donors (Lipinski definition) is 0. The lowest BCUT2D eigenvalue weighted by molar-refractivity contribution is -0.385. The van der Waals surface area contributed by atoms with Crippen LogP contribution < -0.4 is 0 Å². The van der Waals surface area contributed by atoms with E-state index in [9.17, 15) is 14.9 Å². The minimum Gasteiger partial charge on any atom is -0.455 e. The SMILES string of the molecule is C[C@H](OC(=O)/C=C/c1cnn(Cc2ccccc2)c1)c1cccc([N+](=O)[O-])c1. The van der Waals surface area contributed by atoms with E-state index in [1.165, 1.54) is 18.2 Å². The lowest BCUT2D eigenvalue weighted by Crippen LogP contribution is -2.06. The van der Waals surface area contributed by atoms with Gasteiger partial charge < -0.3 is 4.74 Å². The summed E-state index contributed by atoms with van der Waals surface area (Å²) >= 11 is 0. The zero-order chi connectivity index (χ0) is 19.9. The van der Waals surface area contributed by atoms with Gasteiger partial charge in [-0.3, -0.25) is 14.8 Å². The molecule has 0 saturated heterocycles. The van der Waals surface area contributed by atoms with Crippen LogP contribution in [0.15, 0.2) is 73.1 Å². The first-order chi connectivity index (χ1) is 13.5. The van der Waals surface area contributed by atoms with Crippen molar-refractivity contribution in [2.45, 2.75) is 19.6 Å². The fourth-order valence-corrected chi connectivity index (χ4v) is 2.66. The molecule has 7 nitrogen and oxygen atoms in total. The van der Waals surface area contributed by atoms with E-state index >= 15 is 0 Å². The molecule has 142 valence electrons. The van der Waals surface area contributed by atoms with E-state index in [1.807, 2.05) is 36.5 Å². The first-order valence-corrected chi connectivity index (χ1v) is 8.70. The van der Waals surface area contributed by atoms with Crippen LogP contribution in [0.5, 0.6) is 0 Å². The Morgan fingerprint density at radius 2 is 2.04 bits per heavy atom. The van der Waals surface area contributed by atoms with Crippen LogP contribution in [0.2, 0.25) is 0 Å².